The van der Waals surface area contributed by atoms with E-state index in [1.807, 2.05) is 0 Å². The zero-order valence-electron chi connectivity index (χ0n) is 7.69. The average molecular weight is 183 g/mol. The van der Waals surface area contributed by atoms with Gasteiger partial charge in [-0.25, -0.2) is 9.48 Å². The Labute approximate surface area is 76.2 Å². The van der Waals surface area contributed by atoms with Gasteiger partial charge < -0.3 is 10.8 Å². The number of carboxylic acids is 1. The van der Waals surface area contributed by atoms with Gasteiger partial charge in [-0.15, -0.1) is 0 Å². The van der Waals surface area contributed by atoms with Crippen molar-refractivity contribution in [2.24, 2.45) is 0 Å². The molecule has 1 unspecified atom stereocenters. The molecule has 0 bridgehead atoms. The number of aliphatic carboxylic acids is 1. The number of aromatic nitrogens is 2. The van der Waals surface area contributed by atoms with Crippen LogP contribution in [-0.4, -0.2) is 20.9 Å². The molecule has 0 aliphatic carbocycles. The predicted molar refractivity (Wildman–Crippen MR) is 48.3 cm³/mol. The molecule has 0 radical (unpaired) electrons. The molecule has 1 rings (SSSR count). The first kappa shape index (κ1) is 9.57. The zero-order valence-corrected chi connectivity index (χ0v) is 7.69. The normalized spacial score (nSPS) is 12.8. The number of carboxylic acid groups (broad SMARTS) is 1. The SMILES string of the molecule is CCC(C(=O)O)n1nc(C)cc1N. The lowest BCUT2D eigenvalue weighted by atomic mass is 10.2. The van der Waals surface area contributed by atoms with Gasteiger partial charge in [-0.2, -0.15) is 5.10 Å². The number of carbonyl (C=O) groups is 1. The highest BCUT2D eigenvalue weighted by molar-refractivity contribution is 5.72. The standard InChI is InChI=1S/C8H13N3O2/c1-3-6(8(12)13)11-7(9)4-5(2)10-11/h4,6H,3,9H2,1-2H3,(H,12,13). The predicted octanol–water partition coefficient (Wildman–Crippen LogP) is 0.809. The smallest absolute Gasteiger partial charge is 0.328 e. The van der Waals surface area contributed by atoms with Crippen molar-refractivity contribution in [1.29, 1.82) is 0 Å². The van der Waals surface area contributed by atoms with Gasteiger partial charge in [0.1, 0.15) is 5.82 Å². The number of nitrogens with two attached hydrogens (primary N) is 1. The molecule has 0 aliphatic heterocycles. The summed E-state index contributed by atoms with van der Waals surface area (Å²) in [6.07, 6.45) is 0.473. The van der Waals surface area contributed by atoms with Crippen LogP contribution in [0.15, 0.2) is 6.07 Å². The van der Waals surface area contributed by atoms with Crippen LogP contribution in [0.3, 0.4) is 0 Å². The molecular weight excluding hydrogens is 170 g/mol. The molecule has 0 saturated heterocycles. The first-order valence-electron chi connectivity index (χ1n) is 4.10. The van der Waals surface area contributed by atoms with Gasteiger partial charge in [0, 0.05) is 6.07 Å². The maximum atomic E-state index is 10.8. The molecule has 0 saturated carbocycles. The Kier molecular flexibility index (Phi) is 2.55. The van der Waals surface area contributed by atoms with E-state index in [9.17, 15) is 4.79 Å². The van der Waals surface area contributed by atoms with Gasteiger partial charge in [0.2, 0.25) is 0 Å². The first-order valence-corrected chi connectivity index (χ1v) is 4.10. The van der Waals surface area contributed by atoms with Crippen LogP contribution in [0.2, 0.25) is 0 Å². The molecule has 1 atom stereocenters. The van der Waals surface area contributed by atoms with E-state index in [0.717, 1.165) is 5.69 Å². The highest BCUT2D eigenvalue weighted by Crippen LogP contribution is 2.16. The second-order valence-corrected chi connectivity index (χ2v) is 2.92. The van der Waals surface area contributed by atoms with Crippen LogP contribution in [0.25, 0.3) is 0 Å². The van der Waals surface area contributed by atoms with E-state index in [4.69, 9.17) is 10.8 Å². The second kappa shape index (κ2) is 3.47. The van der Waals surface area contributed by atoms with E-state index in [1.165, 1.54) is 4.68 Å². The van der Waals surface area contributed by atoms with Gasteiger partial charge in [-0.05, 0) is 13.3 Å². The van der Waals surface area contributed by atoms with Crippen LogP contribution < -0.4 is 5.73 Å². The Hall–Kier alpha value is -1.52. The molecule has 5 nitrogen and oxygen atoms in total. The molecule has 0 fully saturated rings. The molecule has 1 aromatic heterocycles. The van der Waals surface area contributed by atoms with Gasteiger partial charge in [-0.3, -0.25) is 0 Å². The number of nitrogen functional groups attached to an aromatic ring is 1. The summed E-state index contributed by atoms with van der Waals surface area (Å²) in [5.41, 5.74) is 6.33. The molecule has 5 heteroatoms. The van der Waals surface area contributed by atoms with Crippen molar-refractivity contribution in [3.05, 3.63) is 11.8 Å². The van der Waals surface area contributed by atoms with Gasteiger partial charge in [0.05, 0.1) is 5.69 Å². The second-order valence-electron chi connectivity index (χ2n) is 2.92. The third-order valence-corrected chi connectivity index (χ3v) is 1.85. The van der Waals surface area contributed by atoms with E-state index in [0.29, 0.717) is 12.2 Å². The van der Waals surface area contributed by atoms with Crippen molar-refractivity contribution in [3.8, 4) is 0 Å². The number of anilines is 1. The van der Waals surface area contributed by atoms with E-state index in [1.54, 1.807) is 19.9 Å². The van der Waals surface area contributed by atoms with Crippen molar-refractivity contribution >= 4 is 11.8 Å². The molecule has 1 aromatic rings. The molecular formula is C8H13N3O2. The van der Waals surface area contributed by atoms with Gasteiger partial charge in [-0.1, -0.05) is 6.92 Å². The number of aryl methyl sites for hydroxylation is 1. The minimum atomic E-state index is -0.905. The van der Waals surface area contributed by atoms with E-state index >= 15 is 0 Å². The van der Waals surface area contributed by atoms with E-state index < -0.39 is 12.0 Å². The fraction of sp³-hybridized carbons (Fsp3) is 0.500. The molecule has 3 N–H and O–H groups in total. The summed E-state index contributed by atoms with van der Waals surface area (Å²) < 4.78 is 1.34. The lowest BCUT2D eigenvalue weighted by Crippen LogP contribution is -2.20. The fourth-order valence-corrected chi connectivity index (χ4v) is 1.24. The third kappa shape index (κ3) is 1.80. The van der Waals surface area contributed by atoms with Crippen LogP contribution in [0.1, 0.15) is 25.1 Å². The first-order chi connectivity index (χ1) is 6.06. The quantitative estimate of drug-likeness (QED) is 0.726. The monoisotopic (exact) mass is 183 g/mol. The number of rotatable bonds is 3. The lowest BCUT2D eigenvalue weighted by molar-refractivity contribution is -0.141. The Balaban J connectivity index is 3.04. The molecule has 0 aromatic carbocycles. The fourth-order valence-electron chi connectivity index (χ4n) is 1.24. The zero-order chi connectivity index (χ0) is 10.0. The molecule has 13 heavy (non-hydrogen) atoms. The summed E-state index contributed by atoms with van der Waals surface area (Å²) in [6, 6.07) is 1.000. The number of nitrogens with zero attached hydrogens (tertiary/aromatic N) is 2. The topological polar surface area (TPSA) is 81.1 Å². The summed E-state index contributed by atoms with van der Waals surface area (Å²) in [6.45, 7) is 3.57. The van der Waals surface area contributed by atoms with Crippen molar-refractivity contribution < 1.29 is 9.90 Å². The lowest BCUT2D eigenvalue weighted by Gasteiger charge is -2.11. The molecule has 0 aliphatic rings. The van der Waals surface area contributed by atoms with Gasteiger partial charge >= 0.3 is 5.97 Å². The Morgan fingerprint density at radius 1 is 1.85 bits per heavy atom. The Bertz CT molecular complexity index is 319. The summed E-state index contributed by atoms with van der Waals surface area (Å²) >= 11 is 0. The van der Waals surface area contributed by atoms with Crippen LogP contribution in [0, 0.1) is 6.92 Å². The minimum Gasteiger partial charge on any atom is -0.480 e. The van der Waals surface area contributed by atoms with Crippen molar-refractivity contribution in [1.82, 2.24) is 9.78 Å². The molecule has 0 amide bonds. The maximum absolute atomic E-state index is 10.8. The van der Waals surface area contributed by atoms with Crippen molar-refractivity contribution in [2.45, 2.75) is 26.3 Å². The van der Waals surface area contributed by atoms with Gasteiger partial charge in [0.15, 0.2) is 6.04 Å². The molecule has 72 valence electrons. The Morgan fingerprint density at radius 3 is 2.77 bits per heavy atom. The van der Waals surface area contributed by atoms with Crippen molar-refractivity contribution in [3.63, 3.8) is 0 Å². The van der Waals surface area contributed by atoms with Gasteiger partial charge in [0.25, 0.3) is 0 Å². The Morgan fingerprint density at radius 2 is 2.46 bits per heavy atom. The minimum absolute atomic E-state index is 0.395. The van der Waals surface area contributed by atoms with Crippen LogP contribution in [0.5, 0.6) is 0 Å². The summed E-state index contributed by atoms with van der Waals surface area (Å²) in [4.78, 5) is 10.8. The average Bonchev–Trinajstić information content (AvgIpc) is 2.31. The molecule has 0 spiro atoms. The van der Waals surface area contributed by atoms with Crippen LogP contribution in [0.4, 0.5) is 5.82 Å². The highest BCUT2D eigenvalue weighted by Gasteiger charge is 2.20. The van der Waals surface area contributed by atoms with Crippen LogP contribution in [-0.2, 0) is 4.79 Å². The highest BCUT2D eigenvalue weighted by atomic mass is 16.4. The maximum Gasteiger partial charge on any atom is 0.328 e. The summed E-state index contributed by atoms with van der Waals surface area (Å²) in [5, 5.41) is 12.9. The number of hydrogen-bond acceptors (Lipinski definition) is 3. The number of hydrogen-bond donors (Lipinski definition) is 2. The largest absolute Gasteiger partial charge is 0.480 e. The van der Waals surface area contributed by atoms with Crippen molar-refractivity contribution in [2.75, 3.05) is 5.73 Å². The van der Waals surface area contributed by atoms with Crippen LogP contribution >= 0.6 is 0 Å². The summed E-state index contributed by atoms with van der Waals surface area (Å²) in [5.74, 6) is -0.510. The van der Waals surface area contributed by atoms with E-state index in [-0.39, 0.29) is 0 Å². The van der Waals surface area contributed by atoms with E-state index in [2.05, 4.69) is 5.10 Å². The summed E-state index contributed by atoms with van der Waals surface area (Å²) in [7, 11) is 0. The molecule has 1 heterocycles. The third-order valence-electron chi connectivity index (χ3n) is 1.85.